The van der Waals surface area contributed by atoms with E-state index in [1.165, 1.54) is 5.32 Å². The van der Waals surface area contributed by atoms with Crippen molar-refractivity contribution in [2.45, 2.75) is 36.8 Å². The van der Waals surface area contributed by atoms with Crippen LogP contribution in [0.4, 0.5) is 13.2 Å². The zero-order valence-electron chi connectivity index (χ0n) is 11.1. The second-order valence-electron chi connectivity index (χ2n) is 3.73. The largest absolute Gasteiger partial charge is 0.471 e. The topological polar surface area (TPSA) is 119 Å². The maximum absolute atomic E-state index is 12.0. The Labute approximate surface area is 267 Å². The van der Waals surface area contributed by atoms with Crippen LogP contribution in [0.3, 0.4) is 0 Å². The van der Waals surface area contributed by atoms with Crippen LogP contribution in [0.1, 0.15) is 0 Å². The number of alkyl halides is 3. The predicted molar refractivity (Wildman–Crippen MR) is 48.0 cm³/mol. The molecule has 5 N–H and O–H groups in total. The molecule has 0 saturated carbocycles. The van der Waals surface area contributed by atoms with Crippen molar-refractivity contribution in [1.82, 2.24) is 5.32 Å². The summed E-state index contributed by atoms with van der Waals surface area (Å²) < 4.78 is 40.5. The molecule has 1 heterocycles. The van der Waals surface area contributed by atoms with E-state index in [-0.39, 0.29) is 176 Å². The minimum atomic E-state index is -5.20. The van der Waals surface area contributed by atoms with Crippen LogP contribution in [0.15, 0.2) is 0 Å². The molecule has 0 bridgehead atoms. The van der Waals surface area contributed by atoms with E-state index >= 15 is 0 Å². The van der Waals surface area contributed by atoms with Gasteiger partial charge in [0.1, 0.15) is 24.4 Å². The molecule has 0 aromatic heterocycles. The van der Waals surface area contributed by atoms with Crippen molar-refractivity contribution < 1.29 is 219 Å². The molecule has 1 amide bonds. The molecule has 5 atom stereocenters. The summed E-state index contributed by atoms with van der Waals surface area (Å²) in [6.45, 7) is -0.755. The number of aliphatic hydroxyl groups is 4. The number of halogens is 3. The fraction of sp³-hybridized carbons (Fsp3) is 0.875. The fourth-order valence-electron chi connectivity index (χ4n) is 1.49. The van der Waals surface area contributed by atoms with Gasteiger partial charge in [0, 0.05) is 176 Å². The van der Waals surface area contributed by atoms with Crippen LogP contribution < -0.4 is 5.32 Å². The molecule has 1 unspecified atom stereocenters. The Hall–Kier alpha value is 4.83. The number of nitrogens with one attached hydrogen (secondary N) is 1. The summed E-state index contributed by atoms with van der Waals surface area (Å²) in [4.78, 5) is 10.6. The second kappa shape index (κ2) is 15.7. The van der Waals surface area contributed by atoms with Crippen molar-refractivity contribution in [1.29, 1.82) is 0 Å². The van der Waals surface area contributed by atoms with Crippen LogP contribution in [-0.4, -0.2) is 69.8 Å². The molecule has 0 spiro atoms. The normalized spacial score (nSPS) is 30.6. The molecule has 1 aliphatic rings. The molecule has 0 aromatic carbocycles. The zero-order valence-corrected chi connectivity index (χ0v) is 30.1. The average Bonchev–Trinajstić information content (AvgIpc) is 2.27. The van der Waals surface area contributed by atoms with E-state index in [1.54, 1.807) is 0 Å². The summed E-state index contributed by atoms with van der Waals surface area (Å²) in [5, 5.41) is 38.1. The molecule has 7 nitrogen and oxygen atoms in total. The van der Waals surface area contributed by atoms with Gasteiger partial charge < -0.3 is 30.5 Å². The smallest absolute Gasteiger partial charge is 0.394 e. The molecule has 0 aromatic rings. The molecule has 1 fully saturated rings. The van der Waals surface area contributed by atoms with Gasteiger partial charge in [-0.25, -0.2) is 0 Å². The van der Waals surface area contributed by atoms with E-state index in [4.69, 9.17) is 5.11 Å². The minimum absolute atomic E-state index is 0. The van der Waals surface area contributed by atoms with E-state index in [0.29, 0.717) is 0 Å². The van der Waals surface area contributed by atoms with E-state index < -0.39 is 49.3 Å². The summed E-state index contributed by atoms with van der Waals surface area (Å²) in [5.41, 5.74) is 0. The summed E-state index contributed by atoms with van der Waals surface area (Å²) in [6.07, 6.45) is -12.2. The number of hydrogen-bond acceptors (Lipinski definition) is 6. The molecule has 118 valence electrons. The maximum Gasteiger partial charge on any atom is 0.471 e. The van der Waals surface area contributed by atoms with Gasteiger partial charge in [-0.2, -0.15) is 13.2 Å². The zero-order chi connectivity index (χ0) is 14.1. The van der Waals surface area contributed by atoms with E-state index in [0.717, 1.165) is 0 Å². The van der Waals surface area contributed by atoms with Gasteiger partial charge in [0.05, 0.1) is 6.61 Å². The van der Waals surface area contributed by atoms with Gasteiger partial charge in [0.25, 0.3) is 0 Å². The molecule has 1 saturated heterocycles. The van der Waals surface area contributed by atoms with Crippen LogP contribution in [0.25, 0.3) is 0 Å². The van der Waals surface area contributed by atoms with E-state index in [9.17, 15) is 33.3 Å². The first-order valence-electron chi connectivity index (χ1n) is 4.86. The number of hydrogen-bond donors (Lipinski definition) is 5. The van der Waals surface area contributed by atoms with Crippen molar-refractivity contribution in [3.8, 4) is 0 Å². The third kappa shape index (κ3) is 10.4. The Morgan fingerprint density at radius 3 is 1.86 bits per heavy atom. The van der Waals surface area contributed by atoms with Gasteiger partial charge in [-0.1, -0.05) is 0 Å². The first-order valence-corrected chi connectivity index (χ1v) is 4.86. The standard InChI is InChI=1S/C8H12F3NO6.4Ac/c9-8(10,11)7(17)12-3-5(15)4(14)2(1-13)18-6(3)16;;;;/h2-6,13-16H,1H2,(H,12,17);;;;/t2-,3-,4-,5-,6?;;;;/m1..../s1. The number of rotatable bonds is 2. The molecule has 1 aliphatic heterocycles. The van der Waals surface area contributed by atoms with Gasteiger partial charge in [-0.3, -0.25) is 4.79 Å². The first kappa shape index (κ1) is 34.3. The summed E-state index contributed by atoms with van der Waals surface area (Å²) in [7, 11) is 0. The van der Waals surface area contributed by atoms with Crippen molar-refractivity contribution in [2.24, 2.45) is 0 Å². The molecule has 4 radical (unpaired) electrons. The Bertz CT molecular complexity index is 327. The fourth-order valence-corrected chi connectivity index (χ4v) is 1.49. The number of amides is 1. The summed E-state index contributed by atoms with van der Waals surface area (Å²) in [5.74, 6) is -2.39. The third-order valence-electron chi connectivity index (χ3n) is 2.46. The second-order valence-corrected chi connectivity index (χ2v) is 3.73. The summed E-state index contributed by atoms with van der Waals surface area (Å²) in [6, 6.07) is -1.85. The van der Waals surface area contributed by atoms with E-state index in [1.807, 2.05) is 0 Å². The van der Waals surface area contributed by atoms with Crippen LogP contribution >= 0.6 is 0 Å². The van der Waals surface area contributed by atoms with Gasteiger partial charge >= 0.3 is 12.1 Å². The quantitative estimate of drug-likeness (QED) is 0.209. The van der Waals surface area contributed by atoms with Gasteiger partial charge in [-0.05, 0) is 0 Å². The maximum atomic E-state index is 12.0. The Morgan fingerprint density at radius 2 is 1.50 bits per heavy atom. The Balaban J connectivity index is -0.000000405. The SMILES string of the molecule is O=C(N[C@H]1C(O)O[C@H](CO)[C@@H](O)[C@@H]1O)C(F)(F)F.[Ac].[Ac].[Ac].[Ac]. The molecular formula is C8H12Ac4F3NO6. The molecular weight excluding hydrogens is 1170 g/mol. The van der Waals surface area contributed by atoms with E-state index in [2.05, 4.69) is 4.74 Å². The Kier molecular flexibility index (Phi) is 24.5. The monoisotopic (exact) mass is 1180 g/mol. The van der Waals surface area contributed by atoms with Crippen LogP contribution in [-0.2, 0) is 9.53 Å². The van der Waals surface area contributed by atoms with Gasteiger partial charge in [0.2, 0.25) is 0 Å². The first-order chi connectivity index (χ1) is 8.18. The summed E-state index contributed by atoms with van der Waals surface area (Å²) >= 11 is 0. The molecule has 0 aliphatic carbocycles. The minimum Gasteiger partial charge on any atom is -0.394 e. The Morgan fingerprint density at radius 1 is 1.05 bits per heavy atom. The van der Waals surface area contributed by atoms with Crippen molar-refractivity contribution in [2.75, 3.05) is 6.61 Å². The van der Waals surface area contributed by atoms with Crippen LogP contribution in [0, 0.1) is 176 Å². The van der Waals surface area contributed by atoms with Crippen molar-refractivity contribution >= 4 is 5.91 Å². The number of ether oxygens (including phenoxy) is 1. The van der Waals surface area contributed by atoms with Gasteiger partial charge in [0.15, 0.2) is 6.29 Å². The van der Waals surface area contributed by atoms with Crippen molar-refractivity contribution in [3.63, 3.8) is 0 Å². The number of aliphatic hydroxyl groups excluding tert-OH is 4. The third-order valence-corrected chi connectivity index (χ3v) is 2.46. The molecule has 1 rings (SSSR count). The van der Waals surface area contributed by atoms with Crippen molar-refractivity contribution in [3.05, 3.63) is 0 Å². The molecule has 22 heavy (non-hydrogen) atoms. The average molecular weight is 1180 g/mol. The predicted octanol–water partition coefficient (Wildman–Crippen LogP) is -2.54. The van der Waals surface area contributed by atoms with Crippen LogP contribution in [0.2, 0.25) is 0 Å². The number of carbonyl (C=O) groups is 1. The van der Waals surface area contributed by atoms with Gasteiger partial charge in [-0.15, -0.1) is 0 Å². The number of carbonyl (C=O) groups excluding carboxylic acids is 1. The molecule has 14 heteroatoms. The van der Waals surface area contributed by atoms with Crippen LogP contribution in [0.5, 0.6) is 0 Å².